The summed E-state index contributed by atoms with van der Waals surface area (Å²) in [4.78, 5) is 26.4. The summed E-state index contributed by atoms with van der Waals surface area (Å²) in [5.74, 6) is -1.13. The second-order valence-electron chi connectivity index (χ2n) is 9.44. The molecule has 2 aromatic carbocycles. The van der Waals surface area contributed by atoms with Gasteiger partial charge in [-0.05, 0) is 55.5 Å². The van der Waals surface area contributed by atoms with E-state index in [9.17, 15) is 18.9 Å². The van der Waals surface area contributed by atoms with Crippen LogP contribution >= 0.6 is 23.2 Å². The number of hydrogen-bond acceptors (Lipinski definition) is 4. The molecule has 1 aliphatic carbocycles. The Morgan fingerprint density at radius 3 is 2.11 bits per heavy atom. The van der Waals surface area contributed by atoms with Crippen molar-refractivity contribution in [2.45, 2.75) is 68.7 Å². The van der Waals surface area contributed by atoms with Crippen molar-refractivity contribution in [1.82, 2.24) is 4.90 Å². The van der Waals surface area contributed by atoms with Gasteiger partial charge in [-0.25, -0.2) is 0 Å². The number of aliphatic carboxylic acids is 1. The molecule has 2 aliphatic rings. The van der Waals surface area contributed by atoms with Crippen LogP contribution in [0.15, 0.2) is 54.6 Å². The summed E-state index contributed by atoms with van der Waals surface area (Å²) >= 11 is 11.6. The summed E-state index contributed by atoms with van der Waals surface area (Å²) in [5, 5.41) is 10.4. The molecule has 0 radical (unpaired) electrons. The van der Waals surface area contributed by atoms with Crippen LogP contribution in [0.4, 0.5) is 0 Å². The SMILES string of the molecule is CC(C)S(=O)C(C)C(C1CC1)N1C(=O)C(CC(=O)O)OCC1c1ccc(Cl)cc1.Clc1ccccc1. The Morgan fingerprint density at radius 2 is 1.64 bits per heavy atom. The van der Waals surface area contributed by atoms with Crippen LogP contribution in [-0.2, 0) is 25.1 Å². The second-order valence-corrected chi connectivity index (χ2v) is 12.7. The van der Waals surface area contributed by atoms with Gasteiger partial charge in [0.25, 0.3) is 5.91 Å². The molecule has 0 bridgehead atoms. The van der Waals surface area contributed by atoms with E-state index in [2.05, 4.69) is 0 Å². The van der Waals surface area contributed by atoms with Crippen molar-refractivity contribution in [3.05, 3.63) is 70.2 Å². The fraction of sp³-hybridized carbons (Fsp3) is 0.481. The number of nitrogens with zero attached hydrogens (tertiary/aromatic N) is 1. The van der Waals surface area contributed by atoms with Crippen LogP contribution < -0.4 is 0 Å². The summed E-state index contributed by atoms with van der Waals surface area (Å²) < 4.78 is 18.6. The van der Waals surface area contributed by atoms with E-state index in [1.54, 1.807) is 17.0 Å². The maximum absolute atomic E-state index is 13.4. The van der Waals surface area contributed by atoms with Gasteiger partial charge in [0.05, 0.1) is 24.3 Å². The Hall–Kier alpha value is -1.93. The molecule has 1 heterocycles. The first kappa shape index (κ1) is 28.6. The van der Waals surface area contributed by atoms with Crippen molar-refractivity contribution in [3.8, 4) is 0 Å². The first-order valence-electron chi connectivity index (χ1n) is 12.1. The molecule has 2 fully saturated rings. The molecule has 0 spiro atoms. The average molecular weight is 555 g/mol. The number of carbonyl (C=O) groups is 2. The first-order valence-corrected chi connectivity index (χ1v) is 14.1. The van der Waals surface area contributed by atoms with E-state index in [1.165, 1.54) is 0 Å². The van der Waals surface area contributed by atoms with Crippen LogP contribution in [0.1, 0.15) is 51.6 Å². The molecule has 1 saturated carbocycles. The van der Waals surface area contributed by atoms with Crippen LogP contribution in [0.2, 0.25) is 10.0 Å². The number of amides is 1. The van der Waals surface area contributed by atoms with Crippen LogP contribution in [0.3, 0.4) is 0 Å². The Balaban J connectivity index is 0.000000444. The molecule has 1 N–H and O–H groups in total. The Morgan fingerprint density at radius 1 is 1.06 bits per heavy atom. The molecule has 196 valence electrons. The third-order valence-corrected chi connectivity index (χ3v) is 8.85. The van der Waals surface area contributed by atoms with Gasteiger partial charge in [-0.2, -0.15) is 0 Å². The molecule has 1 amide bonds. The third kappa shape index (κ3) is 7.54. The molecule has 1 aliphatic heterocycles. The topological polar surface area (TPSA) is 83.9 Å². The zero-order valence-electron chi connectivity index (χ0n) is 20.7. The van der Waals surface area contributed by atoms with Crippen molar-refractivity contribution in [1.29, 1.82) is 0 Å². The lowest BCUT2D eigenvalue weighted by atomic mass is 9.96. The van der Waals surface area contributed by atoms with Gasteiger partial charge >= 0.3 is 5.97 Å². The fourth-order valence-corrected chi connectivity index (χ4v) is 6.29. The summed E-state index contributed by atoms with van der Waals surface area (Å²) in [6, 6.07) is 16.1. The van der Waals surface area contributed by atoms with E-state index in [4.69, 9.17) is 27.9 Å². The summed E-state index contributed by atoms with van der Waals surface area (Å²) in [7, 11) is -1.11. The zero-order valence-corrected chi connectivity index (χ0v) is 23.0. The van der Waals surface area contributed by atoms with Gasteiger partial charge in [-0.15, -0.1) is 0 Å². The largest absolute Gasteiger partial charge is 0.481 e. The molecule has 2 aromatic rings. The minimum Gasteiger partial charge on any atom is -0.481 e. The number of rotatable bonds is 8. The molecule has 36 heavy (non-hydrogen) atoms. The maximum atomic E-state index is 13.4. The standard InChI is InChI=1S/C21H28ClNO5S.C6H5Cl/c1-12(2)29(27)13(3)20(15-4-5-15)23-17(14-6-8-16(22)9-7-14)11-28-18(21(23)26)10-19(24)25;7-6-4-2-1-3-5-6/h6-9,12-13,15,17-18,20H,4-5,10-11H2,1-3H3,(H,24,25);1-5H. The van der Waals surface area contributed by atoms with Gasteiger partial charge in [-0.1, -0.05) is 67.4 Å². The number of carboxylic acids is 1. The van der Waals surface area contributed by atoms with Crippen molar-refractivity contribution in [2.75, 3.05) is 6.61 Å². The number of carbonyl (C=O) groups excluding carboxylic acids is 1. The van der Waals surface area contributed by atoms with Crippen molar-refractivity contribution < 1.29 is 23.6 Å². The molecular weight excluding hydrogens is 521 g/mol. The van der Waals surface area contributed by atoms with Gasteiger partial charge in [0, 0.05) is 32.1 Å². The predicted molar refractivity (Wildman–Crippen MR) is 144 cm³/mol. The van der Waals surface area contributed by atoms with Gasteiger partial charge < -0.3 is 14.7 Å². The van der Waals surface area contributed by atoms with E-state index in [-0.39, 0.29) is 47.4 Å². The summed E-state index contributed by atoms with van der Waals surface area (Å²) in [6.45, 7) is 5.98. The number of benzene rings is 2. The van der Waals surface area contributed by atoms with E-state index in [0.717, 1.165) is 23.4 Å². The molecule has 0 aromatic heterocycles. The molecule has 9 heteroatoms. The van der Waals surface area contributed by atoms with Crippen molar-refractivity contribution in [3.63, 3.8) is 0 Å². The Kier molecular flexibility index (Phi) is 10.4. The predicted octanol–water partition coefficient (Wildman–Crippen LogP) is 5.75. The number of morpholine rings is 1. The molecule has 6 nitrogen and oxygen atoms in total. The van der Waals surface area contributed by atoms with Crippen LogP contribution in [-0.4, -0.2) is 55.3 Å². The van der Waals surface area contributed by atoms with Crippen LogP contribution in [0.5, 0.6) is 0 Å². The van der Waals surface area contributed by atoms with E-state index < -0.39 is 22.9 Å². The Labute approximate surface area is 225 Å². The number of ether oxygens (including phenoxy) is 1. The number of hydrogen-bond donors (Lipinski definition) is 1. The highest BCUT2D eigenvalue weighted by atomic mass is 35.5. The lowest BCUT2D eigenvalue weighted by Crippen LogP contribution is -2.58. The minimum absolute atomic E-state index is 0.0220. The lowest BCUT2D eigenvalue weighted by molar-refractivity contribution is -0.169. The molecule has 1 saturated heterocycles. The van der Waals surface area contributed by atoms with Crippen molar-refractivity contribution >= 4 is 45.9 Å². The molecule has 5 atom stereocenters. The molecular formula is C27H33Cl2NO5S. The first-order chi connectivity index (χ1) is 17.1. The van der Waals surface area contributed by atoms with Gasteiger partial charge in [0.1, 0.15) is 6.10 Å². The average Bonchev–Trinajstić information content (AvgIpc) is 3.67. The maximum Gasteiger partial charge on any atom is 0.306 e. The van der Waals surface area contributed by atoms with E-state index >= 15 is 0 Å². The smallest absolute Gasteiger partial charge is 0.306 e. The quantitative estimate of drug-likeness (QED) is 0.450. The highest BCUT2D eigenvalue weighted by molar-refractivity contribution is 7.86. The second kappa shape index (κ2) is 13.0. The number of halogens is 2. The van der Waals surface area contributed by atoms with E-state index in [0.29, 0.717) is 5.02 Å². The van der Waals surface area contributed by atoms with Gasteiger partial charge in [0.2, 0.25) is 0 Å². The molecule has 4 rings (SSSR count). The van der Waals surface area contributed by atoms with Crippen LogP contribution in [0, 0.1) is 5.92 Å². The van der Waals surface area contributed by atoms with Gasteiger partial charge in [0.15, 0.2) is 0 Å². The fourth-order valence-electron chi connectivity index (χ4n) is 4.54. The third-order valence-electron chi connectivity index (χ3n) is 6.41. The molecule has 5 unspecified atom stereocenters. The minimum atomic E-state index is -1.11. The van der Waals surface area contributed by atoms with Crippen LogP contribution in [0.25, 0.3) is 0 Å². The lowest BCUT2D eigenvalue weighted by Gasteiger charge is -2.46. The monoisotopic (exact) mass is 553 g/mol. The van der Waals surface area contributed by atoms with E-state index in [1.807, 2.05) is 63.2 Å². The normalized spacial score (nSPS) is 22.4. The highest BCUT2D eigenvalue weighted by Gasteiger charge is 2.49. The number of carboxylic acid groups (broad SMARTS) is 1. The highest BCUT2D eigenvalue weighted by Crippen LogP contribution is 2.43. The summed E-state index contributed by atoms with van der Waals surface area (Å²) in [6.07, 6.45) is 0.566. The Bertz CT molecular complexity index is 1050. The summed E-state index contributed by atoms with van der Waals surface area (Å²) in [5.41, 5.74) is 0.879. The van der Waals surface area contributed by atoms with Gasteiger partial charge in [-0.3, -0.25) is 13.8 Å². The zero-order chi connectivity index (χ0) is 26.4. The van der Waals surface area contributed by atoms with Crippen molar-refractivity contribution in [2.24, 2.45) is 5.92 Å².